The first-order valence-electron chi connectivity index (χ1n) is 5.86. The molecule has 0 amide bonds. The first kappa shape index (κ1) is 13.8. The molecule has 4 nitrogen and oxygen atoms in total. The van der Waals surface area contributed by atoms with E-state index < -0.39 is 9.84 Å². The maximum atomic E-state index is 11.5. The molecule has 1 fully saturated rings. The molecule has 0 bridgehead atoms. The van der Waals surface area contributed by atoms with Crippen LogP contribution in [-0.2, 0) is 16.4 Å². The predicted octanol–water partition coefficient (Wildman–Crippen LogP) is 1.65. The van der Waals surface area contributed by atoms with Gasteiger partial charge in [0.25, 0.3) is 0 Å². The predicted molar refractivity (Wildman–Crippen MR) is 77.1 cm³/mol. The van der Waals surface area contributed by atoms with Crippen LogP contribution in [0.15, 0.2) is 22.7 Å². The normalized spacial score (nSPS) is 24.0. The third-order valence-electron chi connectivity index (χ3n) is 3.29. The van der Waals surface area contributed by atoms with Crippen LogP contribution in [0, 0.1) is 0 Å². The van der Waals surface area contributed by atoms with Gasteiger partial charge in [-0.15, -0.1) is 0 Å². The van der Waals surface area contributed by atoms with Gasteiger partial charge in [0, 0.05) is 29.3 Å². The molecule has 100 valence electrons. The Hall–Kier alpha value is -0.590. The average Bonchev–Trinajstić information content (AvgIpc) is 2.27. The molecule has 1 atom stereocenters. The molecule has 0 aliphatic carbocycles. The van der Waals surface area contributed by atoms with Crippen molar-refractivity contribution >= 4 is 31.5 Å². The van der Waals surface area contributed by atoms with Gasteiger partial charge in [-0.2, -0.15) is 0 Å². The summed E-state index contributed by atoms with van der Waals surface area (Å²) in [6.45, 7) is 3.27. The molecule has 2 N–H and O–H groups in total. The van der Waals surface area contributed by atoms with E-state index >= 15 is 0 Å². The highest BCUT2D eigenvalue weighted by molar-refractivity contribution is 9.10. The van der Waals surface area contributed by atoms with Gasteiger partial charge in [0.15, 0.2) is 9.84 Å². The molecule has 0 aromatic heterocycles. The average molecular weight is 333 g/mol. The monoisotopic (exact) mass is 332 g/mol. The van der Waals surface area contributed by atoms with Crippen LogP contribution < -0.4 is 5.73 Å². The molecule has 6 heteroatoms. The first-order chi connectivity index (χ1) is 8.39. The van der Waals surface area contributed by atoms with Gasteiger partial charge >= 0.3 is 0 Å². The minimum absolute atomic E-state index is 0.0529. The van der Waals surface area contributed by atoms with E-state index in [1.54, 1.807) is 0 Å². The zero-order chi connectivity index (χ0) is 13.3. The van der Waals surface area contributed by atoms with Crippen molar-refractivity contribution in [3.05, 3.63) is 28.2 Å². The molecule has 2 rings (SSSR count). The second-order valence-electron chi connectivity index (χ2n) is 4.75. The van der Waals surface area contributed by atoms with Gasteiger partial charge in [0.05, 0.1) is 11.5 Å². The van der Waals surface area contributed by atoms with E-state index in [2.05, 4.69) is 20.8 Å². The molecule has 1 aromatic carbocycles. The smallest absolute Gasteiger partial charge is 0.153 e. The van der Waals surface area contributed by atoms with E-state index in [0.717, 1.165) is 16.6 Å². The highest BCUT2D eigenvalue weighted by atomic mass is 79.9. The summed E-state index contributed by atoms with van der Waals surface area (Å²) >= 11 is 3.48. The topological polar surface area (TPSA) is 63.4 Å². The highest BCUT2D eigenvalue weighted by Crippen LogP contribution is 2.26. The van der Waals surface area contributed by atoms with Crippen molar-refractivity contribution in [2.24, 2.45) is 0 Å². The third-order valence-corrected chi connectivity index (χ3v) is 6.05. The van der Waals surface area contributed by atoms with Gasteiger partial charge in [0.1, 0.15) is 0 Å². The lowest BCUT2D eigenvalue weighted by atomic mass is 10.1. The van der Waals surface area contributed by atoms with Crippen LogP contribution >= 0.6 is 15.9 Å². The van der Waals surface area contributed by atoms with Crippen LogP contribution in [0.25, 0.3) is 0 Å². The lowest BCUT2D eigenvalue weighted by Gasteiger charge is -2.33. The van der Waals surface area contributed by atoms with E-state index in [1.807, 2.05) is 25.1 Å². The van der Waals surface area contributed by atoms with E-state index in [0.29, 0.717) is 12.2 Å². The summed E-state index contributed by atoms with van der Waals surface area (Å²) in [6.07, 6.45) is 0. The zero-order valence-corrected chi connectivity index (χ0v) is 12.7. The summed E-state index contributed by atoms with van der Waals surface area (Å²) in [5, 5.41) is 0. The van der Waals surface area contributed by atoms with Crippen LogP contribution in [0.1, 0.15) is 12.5 Å². The van der Waals surface area contributed by atoms with E-state index in [4.69, 9.17) is 5.73 Å². The van der Waals surface area contributed by atoms with E-state index in [1.165, 1.54) is 0 Å². The molecular weight excluding hydrogens is 316 g/mol. The summed E-state index contributed by atoms with van der Waals surface area (Å²) in [5.41, 5.74) is 7.65. The summed E-state index contributed by atoms with van der Waals surface area (Å²) in [6, 6.07) is 5.83. The molecule has 0 spiro atoms. The number of sulfone groups is 1. The van der Waals surface area contributed by atoms with Crippen molar-refractivity contribution < 1.29 is 8.42 Å². The fourth-order valence-corrected chi connectivity index (χ4v) is 4.22. The quantitative estimate of drug-likeness (QED) is 0.836. The van der Waals surface area contributed by atoms with Crippen LogP contribution in [-0.4, -0.2) is 37.4 Å². The Morgan fingerprint density at radius 3 is 2.89 bits per heavy atom. The largest absolute Gasteiger partial charge is 0.398 e. The number of hydrogen-bond donors (Lipinski definition) is 1. The second-order valence-corrected chi connectivity index (χ2v) is 7.78. The zero-order valence-electron chi connectivity index (χ0n) is 10.3. The number of nitrogen functional groups attached to an aromatic ring is 1. The summed E-state index contributed by atoms with van der Waals surface area (Å²) in [4.78, 5) is 2.18. The molecule has 0 radical (unpaired) electrons. The van der Waals surface area contributed by atoms with Crippen LogP contribution in [0.4, 0.5) is 5.69 Å². The Morgan fingerprint density at radius 2 is 2.22 bits per heavy atom. The SMILES string of the molecule is CC1CS(=O)(=O)CCN1Cc1cccc(N)c1Br. The molecule has 1 aliphatic rings. The highest BCUT2D eigenvalue weighted by Gasteiger charge is 2.28. The summed E-state index contributed by atoms with van der Waals surface area (Å²) in [7, 11) is -2.85. The van der Waals surface area contributed by atoms with Gasteiger partial charge in [-0.3, -0.25) is 4.90 Å². The fourth-order valence-electron chi connectivity index (χ4n) is 2.21. The maximum Gasteiger partial charge on any atom is 0.153 e. The van der Waals surface area contributed by atoms with Gasteiger partial charge in [0.2, 0.25) is 0 Å². The molecule has 1 aliphatic heterocycles. The van der Waals surface area contributed by atoms with Gasteiger partial charge in [-0.1, -0.05) is 12.1 Å². The number of halogens is 1. The van der Waals surface area contributed by atoms with Gasteiger partial charge < -0.3 is 5.73 Å². The molecule has 1 aromatic rings. The maximum absolute atomic E-state index is 11.5. The number of nitrogens with zero attached hydrogens (tertiary/aromatic N) is 1. The fraction of sp³-hybridized carbons (Fsp3) is 0.500. The Labute approximate surface area is 116 Å². The van der Waals surface area contributed by atoms with E-state index in [-0.39, 0.29) is 17.5 Å². The minimum atomic E-state index is -2.85. The van der Waals surface area contributed by atoms with Crippen molar-refractivity contribution in [3.63, 3.8) is 0 Å². The van der Waals surface area contributed by atoms with Gasteiger partial charge in [-0.05, 0) is 34.5 Å². The van der Waals surface area contributed by atoms with Crippen molar-refractivity contribution in [1.82, 2.24) is 4.90 Å². The minimum Gasteiger partial charge on any atom is -0.398 e. The number of benzene rings is 1. The first-order valence-corrected chi connectivity index (χ1v) is 8.48. The lowest BCUT2D eigenvalue weighted by Crippen LogP contribution is -2.46. The number of rotatable bonds is 2. The summed E-state index contributed by atoms with van der Waals surface area (Å²) in [5.74, 6) is 0.490. The number of hydrogen-bond acceptors (Lipinski definition) is 4. The van der Waals surface area contributed by atoms with Crippen molar-refractivity contribution in [2.75, 3.05) is 23.8 Å². The summed E-state index contributed by atoms with van der Waals surface area (Å²) < 4.78 is 24.0. The molecule has 0 saturated carbocycles. The van der Waals surface area contributed by atoms with Crippen molar-refractivity contribution in [3.8, 4) is 0 Å². The van der Waals surface area contributed by atoms with Crippen molar-refractivity contribution in [2.45, 2.75) is 19.5 Å². The third kappa shape index (κ3) is 3.05. The number of anilines is 1. The van der Waals surface area contributed by atoms with Crippen LogP contribution in [0.3, 0.4) is 0 Å². The molecule has 18 heavy (non-hydrogen) atoms. The molecule has 1 heterocycles. The molecule has 1 saturated heterocycles. The Bertz CT molecular complexity index is 545. The van der Waals surface area contributed by atoms with Crippen LogP contribution in [0.2, 0.25) is 0 Å². The number of nitrogens with two attached hydrogens (primary N) is 1. The Balaban J connectivity index is 2.13. The Morgan fingerprint density at radius 1 is 1.50 bits per heavy atom. The van der Waals surface area contributed by atoms with Gasteiger partial charge in [-0.25, -0.2) is 8.42 Å². The lowest BCUT2D eigenvalue weighted by molar-refractivity contribution is 0.218. The second kappa shape index (κ2) is 5.19. The Kier molecular flexibility index (Phi) is 3.99. The van der Waals surface area contributed by atoms with E-state index in [9.17, 15) is 8.42 Å². The standard InChI is InChI=1S/C12H17BrN2O2S/c1-9-8-18(16,17)6-5-15(9)7-10-3-2-4-11(14)12(10)13/h2-4,9H,5-8,14H2,1H3. The molecular formula is C12H17BrN2O2S. The van der Waals surface area contributed by atoms with Crippen LogP contribution in [0.5, 0.6) is 0 Å². The van der Waals surface area contributed by atoms with Crippen molar-refractivity contribution in [1.29, 1.82) is 0 Å². The molecule has 1 unspecified atom stereocenters.